The second-order valence-electron chi connectivity index (χ2n) is 11.5. The van der Waals surface area contributed by atoms with Crippen LogP contribution >= 0.6 is 0 Å². The van der Waals surface area contributed by atoms with Gasteiger partial charge in [0.2, 0.25) is 11.8 Å². The first-order chi connectivity index (χ1) is 22.7. The second-order valence-corrected chi connectivity index (χ2v) is 11.5. The van der Waals surface area contributed by atoms with Crippen LogP contribution in [0.15, 0.2) is 128 Å². The molecule has 0 saturated heterocycles. The molecule has 1 aromatic heterocycles. The zero-order valence-electron chi connectivity index (χ0n) is 25.6. The van der Waals surface area contributed by atoms with Crippen LogP contribution in [0.2, 0.25) is 0 Å². The average Bonchev–Trinajstić information content (AvgIpc) is 3.64. The number of rotatable bonds is 9. The molecule has 2 heterocycles. The Balaban J connectivity index is 1.33. The van der Waals surface area contributed by atoms with Gasteiger partial charge in [0.15, 0.2) is 0 Å². The van der Waals surface area contributed by atoms with E-state index in [9.17, 15) is 22.8 Å². The SMILES string of the molecule is O=C(C(Cc1ccccc1)N(Cc1ccc(-n2cccn2)cc1)C(=O)C=Cc1ccc(C(F)(F)F)cc1)N1CCc2ccccc2C1. The number of hydrogen-bond donors (Lipinski definition) is 0. The second kappa shape index (κ2) is 13.9. The highest BCUT2D eigenvalue weighted by Gasteiger charge is 2.34. The largest absolute Gasteiger partial charge is 0.416 e. The topological polar surface area (TPSA) is 58.4 Å². The third kappa shape index (κ3) is 7.69. The summed E-state index contributed by atoms with van der Waals surface area (Å²) in [5, 5.41) is 4.27. The minimum absolute atomic E-state index is 0.142. The van der Waals surface area contributed by atoms with Crippen molar-refractivity contribution in [3.05, 3.63) is 161 Å². The van der Waals surface area contributed by atoms with E-state index in [0.717, 1.165) is 40.9 Å². The maximum absolute atomic E-state index is 14.5. The van der Waals surface area contributed by atoms with Crippen molar-refractivity contribution >= 4 is 17.9 Å². The number of halogens is 3. The smallest absolute Gasteiger partial charge is 0.336 e. The number of nitrogens with zero attached hydrogens (tertiary/aromatic N) is 4. The number of carbonyl (C=O) groups excluding carboxylic acids is 2. The van der Waals surface area contributed by atoms with Crippen molar-refractivity contribution in [2.24, 2.45) is 0 Å². The number of fused-ring (bicyclic) bond motifs is 1. The van der Waals surface area contributed by atoms with Crippen molar-refractivity contribution in [2.75, 3.05) is 6.54 Å². The highest BCUT2D eigenvalue weighted by Crippen LogP contribution is 2.29. The fraction of sp³-hybridized carbons (Fsp3) is 0.184. The van der Waals surface area contributed by atoms with E-state index in [1.807, 2.05) is 90.0 Å². The van der Waals surface area contributed by atoms with E-state index in [1.54, 1.807) is 15.8 Å². The van der Waals surface area contributed by atoms with Gasteiger partial charge in [-0.3, -0.25) is 9.59 Å². The van der Waals surface area contributed by atoms with Gasteiger partial charge in [0.05, 0.1) is 11.3 Å². The number of alkyl halides is 3. The van der Waals surface area contributed by atoms with Gasteiger partial charge < -0.3 is 9.80 Å². The summed E-state index contributed by atoms with van der Waals surface area (Å²) in [6.45, 7) is 1.12. The van der Waals surface area contributed by atoms with E-state index >= 15 is 0 Å². The number of benzene rings is 4. The first-order valence-corrected chi connectivity index (χ1v) is 15.4. The van der Waals surface area contributed by atoms with E-state index in [4.69, 9.17) is 0 Å². The van der Waals surface area contributed by atoms with Gasteiger partial charge in [-0.15, -0.1) is 0 Å². The predicted molar refractivity (Wildman–Crippen MR) is 174 cm³/mol. The van der Waals surface area contributed by atoms with E-state index in [-0.39, 0.29) is 12.5 Å². The molecule has 4 aromatic carbocycles. The molecule has 1 unspecified atom stereocenters. The summed E-state index contributed by atoms with van der Waals surface area (Å²) in [5.74, 6) is -0.583. The van der Waals surface area contributed by atoms with Gasteiger partial charge in [-0.2, -0.15) is 18.3 Å². The van der Waals surface area contributed by atoms with Crippen LogP contribution in [0.1, 0.15) is 33.4 Å². The van der Waals surface area contributed by atoms with Gasteiger partial charge in [0.25, 0.3) is 0 Å². The lowest BCUT2D eigenvalue weighted by molar-refractivity contribution is -0.144. The highest BCUT2D eigenvalue weighted by molar-refractivity contribution is 5.96. The quantitative estimate of drug-likeness (QED) is 0.162. The Bertz CT molecular complexity index is 1840. The van der Waals surface area contributed by atoms with E-state index < -0.39 is 23.7 Å². The highest BCUT2D eigenvalue weighted by atomic mass is 19.4. The molecular formula is C38H33F3N4O2. The Hall–Kier alpha value is -5.44. The van der Waals surface area contributed by atoms with Crippen molar-refractivity contribution in [3.8, 4) is 5.69 Å². The normalized spacial score (nSPS) is 13.7. The van der Waals surface area contributed by atoms with Crippen LogP contribution in [0.5, 0.6) is 0 Å². The molecule has 1 atom stereocenters. The molecule has 0 spiro atoms. The minimum atomic E-state index is -4.46. The molecule has 47 heavy (non-hydrogen) atoms. The molecule has 0 bridgehead atoms. The minimum Gasteiger partial charge on any atom is -0.336 e. The van der Waals surface area contributed by atoms with Crippen molar-refractivity contribution < 1.29 is 22.8 Å². The molecule has 0 saturated carbocycles. The summed E-state index contributed by atoms with van der Waals surface area (Å²) in [7, 11) is 0. The first kappa shape index (κ1) is 31.5. The molecule has 0 N–H and O–H groups in total. The summed E-state index contributed by atoms with van der Waals surface area (Å²) in [4.78, 5) is 31.9. The number of aromatic nitrogens is 2. The number of hydrogen-bond acceptors (Lipinski definition) is 3. The van der Waals surface area contributed by atoms with Crippen LogP contribution < -0.4 is 0 Å². The third-order valence-electron chi connectivity index (χ3n) is 8.37. The van der Waals surface area contributed by atoms with E-state index in [1.165, 1.54) is 29.8 Å². The summed E-state index contributed by atoms with van der Waals surface area (Å²) >= 11 is 0. The molecule has 5 aromatic rings. The summed E-state index contributed by atoms with van der Waals surface area (Å²) < 4.78 is 41.1. The van der Waals surface area contributed by atoms with Gasteiger partial charge >= 0.3 is 6.18 Å². The standard InChI is InChI=1S/C38H33F3N4O2/c39-38(40,41)33-16-11-28(12-17-33)15-20-36(46)44(26-30-13-18-34(19-14-30)45-23-6-22-42-45)35(25-29-7-2-1-3-8-29)37(47)43-24-21-31-9-4-5-10-32(31)27-43/h1-20,22-23,35H,21,24-27H2. The van der Waals surface area contributed by atoms with Crippen molar-refractivity contribution in [1.29, 1.82) is 0 Å². The Kier molecular flexibility index (Phi) is 9.33. The van der Waals surface area contributed by atoms with E-state index in [0.29, 0.717) is 25.1 Å². The van der Waals surface area contributed by atoms with Gasteiger partial charge in [0.1, 0.15) is 6.04 Å². The average molecular weight is 635 g/mol. The maximum Gasteiger partial charge on any atom is 0.416 e. The number of amides is 2. The fourth-order valence-corrected chi connectivity index (χ4v) is 5.82. The van der Waals surface area contributed by atoms with Gasteiger partial charge in [0, 0.05) is 44.5 Å². The number of carbonyl (C=O) groups is 2. The molecule has 6 nitrogen and oxygen atoms in total. The van der Waals surface area contributed by atoms with Gasteiger partial charge in [-0.05, 0) is 70.6 Å². The molecular weight excluding hydrogens is 601 g/mol. The lowest BCUT2D eigenvalue weighted by atomic mass is 9.97. The summed E-state index contributed by atoms with van der Waals surface area (Å²) in [6, 6.07) is 30.8. The first-order valence-electron chi connectivity index (χ1n) is 15.4. The third-order valence-corrected chi connectivity index (χ3v) is 8.37. The maximum atomic E-state index is 14.5. The molecule has 1 aliphatic heterocycles. The van der Waals surface area contributed by atoms with Crippen LogP contribution in [0.3, 0.4) is 0 Å². The van der Waals surface area contributed by atoms with Crippen LogP contribution in [0.25, 0.3) is 11.8 Å². The fourth-order valence-electron chi connectivity index (χ4n) is 5.82. The molecule has 0 fully saturated rings. The molecule has 2 amide bonds. The molecule has 238 valence electrons. The van der Waals surface area contributed by atoms with E-state index in [2.05, 4.69) is 11.2 Å². The monoisotopic (exact) mass is 634 g/mol. The molecule has 1 aliphatic rings. The zero-order valence-corrected chi connectivity index (χ0v) is 25.6. The van der Waals surface area contributed by atoms with Crippen molar-refractivity contribution in [2.45, 2.75) is 38.1 Å². The van der Waals surface area contributed by atoms with Crippen LogP contribution in [0.4, 0.5) is 13.2 Å². The lowest BCUT2D eigenvalue weighted by Crippen LogP contribution is -2.52. The molecule has 6 rings (SSSR count). The summed E-state index contributed by atoms with van der Waals surface area (Å²) in [5.41, 5.74) is 4.53. The zero-order chi connectivity index (χ0) is 32.8. The van der Waals surface area contributed by atoms with Crippen LogP contribution in [0, 0.1) is 0 Å². The lowest BCUT2D eigenvalue weighted by Gasteiger charge is -2.37. The van der Waals surface area contributed by atoms with Gasteiger partial charge in [-0.25, -0.2) is 4.68 Å². The van der Waals surface area contributed by atoms with Crippen molar-refractivity contribution in [1.82, 2.24) is 19.6 Å². The molecule has 9 heteroatoms. The van der Waals surface area contributed by atoms with Gasteiger partial charge in [-0.1, -0.05) is 78.9 Å². The van der Waals surface area contributed by atoms with Crippen molar-refractivity contribution in [3.63, 3.8) is 0 Å². The Morgan fingerprint density at radius 2 is 1.53 bits per heavy atom. The Morgan fingerprint density at radius 3 is 2.21 bits per heavy atom. The Labute approximate surface area is 271 Å². The molecule has 0 radical (unpaired) electrons. The Morgan fingerprint density at radius 1 is 0.830 bits per heavy atom. The predicted octanol–water partition coefficient (Wildman–Crippen LogP) is 7.13. The van der Waals surface area contributed by atoms with Crippen LogP contribution in [-0.2, 0) is 41.7 Å². The van der Waals surface area contributed by atoms with Crippen LogP contribution in [-0.4, -0.2) is 44.0 Å². The summed E-state index contributed by atoms with van der Waals surface area (Å²) in [6.07, 6.45) is 2.90. The molecule has 0 aliphatic carbocycles.